The van der Waals surface area contributed by atoms with E-state index in [1.54, 1.807) is 0 Å². The molecule has 5 nitrogen and oxygen atoms in total. The summed E-state index contributed by atoms with van der Waals surface area (Å²) < 4.78 is 4.73. The Balaban J connectivity index is 2.35. The smallest absolute Gasteiger partial charge is 0.404 e. The highest BCUT2D eigenvalue weighted by molar-refractivity contribution is 5.64. The molecular formula is C7H14N2O3. The van der Waals surface area contributed by atoms with Crippen LogP contribution in [0.3, 0.4) is 0 Å². The Labute approximate surface area is 70.7 Å². The topological polar surface area (TPSA) is 98.6 Å². The first-order valence-corrected chi connectivity index (χ1v) is 3.99. The fraction of sp³-hybridized carbons (Fsp3) is 0.857. The fourth-order valence-corrected chi connectivity index (χ4v) is 1.40. The quantitative estimate of drug-likeness (QED) is 0.490. The molecule has 70 valence electrons. The monoisotopic (exact) mass is 174 g/mol. The van der Waals surface area contributed by atoms with Crippen LogP contribution in [0.15, 0.2) is 0 Å². The van der Waals surface area contributed by atoms with Gasteiger partial charge in [0.05, 0.1) is 6.10 Å². The molecule has 0 radical (unpaired) electrons. The van der Waals surface area contributed by atoms with Gasteiger partial charge in [-0.15, -0.1) is 0 Å². The Hall–Kier alpha value is -0.810. The molecule has 0 heterocycles. The van der Waals surface area contributed by atoms with Crippen molar-refractivity contribution in [3.05, 3.63) is 0 Å². The molecule has 0 aromatic heterocycles. The van der Waals surface area contributed by atoms with Gasteiger partial charge < -0.3 is 21.3 Å². The highest BCUT2D eigenvalue weighted by atomic mass is 16.6. The first-order chi connectivity index (χ1) is 5.59. The van der Waals surface area contributed by atoms with E-state index in [9.17, 15) is 9.90 Å². The number of hydrogen-bond acceptors (Lipinski definition) is 4. The van der Waals surface area contributed by atoms with Gasteiger partial charge in [-0.3, -0.25) is 0 Å². The number of rotatable bonds is 1. The highest BCUT2D eigenvalue weighted by Crippen LogP contribution is 2.20. The second kappa shape index (κ2) is 3.73. The molecule has 0 unspecified atom stereocenters. The number of aliphatic hydroxyl groups excluding tert-OH is 1. The Kier molecular flexibility index (Phi) is 2.88. The number of nitrogens with two attached hydrogens (primary N) is 2. The van der Waals surface area contributed by atoms with E-state index < -0.39 is 12.2 Å². The molecule has 1 rings (SSSR count). The molecule has 0 bridgehead atoms. The summed E-state index contributed by atoms with van der Waals surface area (Å²) in [7, 11) is 0. The zero-order valence-electron chi connectivity index (χ0n) is 6.77. The van der Waals surface area contributed by atoms with Crippen LogP contribution in [0.2, 0.25) is 0 Å². The number of hydrogen-bond donors (Lipinski definition) is 3. The molecule has 0 aromatic carbocycles. The third-order valence-corrected chi connectivity index (χ3v) is 2.10. The normalized spacial score (nSPS) is 36.0. The van der Waals surface area contributed by atoms with Gasteiger partial charge in [0.1, 0.15) is 6.10 Å². The Morgan fingerprint density at radius 2 is 2.17 bits per heavy atom. The van der Waals surface area contributed by atoms with E-state index in [1.165, 1.54) is 0 Å². The number of carbonyl (C=O) groups is 1. The van der Waals surface area contributed by atoms with Crippen molar-refractivity contribution in [2.24, 2.45) is 11.5 Å². The van der Waals surface area contributed by atoms with Crippen LogP contribution in [0.5, 0.6) is 0 Å². The van der Waals surface area contributed by atoms with Crippen LogP contribution in [-0.4, -0.2) is 29.4 Å². The molecule has 12 heavy (non-hydrogen) atoms. The summed E-state index contributed by atoms with van der Waals surface area (Å²) in [5, 5.41) is 9.30. The van der Waals surface area contributed by atoms with Crippen LogP contribution < -0.4 is 11.5 Å². The molecule has 1 aliphatic rings. The van der Waals surface area contributed by atoms with Crippen LogP contribution in [0.25, 0.3) is 0 Å². The van der Waals surface area contributed by atoms with Gasteiger partial charge in [-0.05, 0) is 12.8 Å². The van der Waals surface area contributed by atoms with Gasteiger partial charge in [0.15, 0.2) is 0 Å². The first kappa shape index (κ1) is 9.28. The third kappa shape index (κ3) is 2.35. The van der Waals surface area contributed by atoms with Crippen molar-refractivity contribution in [2.45, 2.75) is 37.5 Å². The van der Waals surface area contributed by atoms with Crippen molar-refractivity contribution in [2.75, 3.05) is 0 Å². The maximum absolute atomic E-state index is 10.3. The second-order valence-electron chi connectivity index (χ2n) is 3.10. The Bertz CT molecular complexity index is 174. The SMILES string of the molecule is NC(=O)O[C@@H]1CC[C@@H](N)[C@@H](O)C1. The first-order valence-electron chi connectivity index (χ1n) is 3.99. The molecule has 1 fully saturated rings. The summed E-state index contributed by atoms with van der Waals surface area (Å²) in [6.07, 6.45) is 0.104. The van der Waals surface area contributed by atoms with Crippen molar-refractivity contribution in [1.82, 2.24) is 0 Å². The van der Waals surface area contributed by atoms with Gasteiger partial charge in [0, 0.05) is 12.5 Å². The molecule has 3 atom stereocenters. The molecule has 0 aliphatic heterocycles. The van der Waals surface area contributed by atoms with Crippen molar-refractivity contribution >= 4 is 6.09 Å². The Morgan fingerprint density at radius 1 is 1.50 bits per heavy atom. The predicted molar refractivity (Wildman–Crippen MR) is 42.3 cm³/mol. The van der Waals surface area contributed by atoms with Crippen molar-refractivity contribution in [1.29, 1.82) is 0 Å². The molecule has 0 saturated heterocycles. The van der Waals surface area contributed by atoms with Gasteiger partial charge in [-0.1, -0.05) is 0 Å². The number of aliphatic hydroxyl groups is 1. The average molecular weight is 174 g/mol. The maximum atomic E-state index is 10.3. The minimum absolute atomic E-state index is 0.197. The zero-order valence-corrected chi connectivity index (χ0v) is 6.77. The second-order valence-corrected chi connectivity index (χ2v) is 3.10. The molecule has 5 N–H and O–H groups in total. The fourth-order valence-electron chi connectivity index (χ4n) is 1.40. The standard InChI is InChI=1S/C7H14N2O3/c8-5-2-1-4(3-6(5)10)12-7(9)11/h4-6,10H,1-3,8H2,(H2,9,11)/t4-,5-,6+/m1/s1. The largest absolute Gasteiger partial charge is 0.446 e. The lowest BCUT2D eigenvalue weighted by molar-refractivity contribution is 0.0160. The van der Waals surface area contributed by atoms with Crippen molar-refractivity contribution in [3.63, 3.8) is 0 Å². The van der Waals surface area contributed by atoms with Crippen LogP contribution in [0.4, 0.5) is 4.79 Å². The molecule has 1 aliphatic carbocycles. The number of primary amides is 1. The maximum Gasteiger partial charge on any atom is 0.404 e. The zero-order chi connectivity index (χ0) is 9.14. The molecule has 0 aromatic rings. The number of carbonyl (C=O) groups excluding carboxylic acids is 1. The van der Waals surface area contributed by atoms with E-state index in [1.807, 2.05) is 0 Å². The van der Waals surface area contributed by atoms with Gasteiger partial charge >= 0.3 is 6.09 Å². The summed E-state index contributed by atoms with van der Waals surface area (Å²) in [5.41, 5.74) is 10.4. The summed E-state index contributed by atoms with van der Waals surface area (Å²) in [6.45, 7) is 0. The van der Waals surface area contributed by atoms with Gasteiger partial charge in [0.2, 0.25) is 0 Å². The predicted octanol–water partition coefficient (Wildman–Crippen LogP) is -0.678. The lowest BCUT2D eigenvalue weighted by atomic mass is 9.91. The lowest BCUT2D eigenvalue weighted by Gasteiger charge is -2.29. The molecule has 1 amide bonds. The number of amides is 1. The Morgan fingerprint density at radius 3 is 2.67 bits per heavy atom. The number of ether oxygens (including phenoxy) is 1. The average Bonchev–Trinajstić information content (AvgIpc) is 1.96. The van der Waals surface area contributed by atoms with Crippen molar-refractivity contribution < 1.29 is 14.6 Å². The molecule has 0 spiro atoms. The third-order valence-electron chi connectivity index (χ3n) is 2.10. The van der Waals surface area contributed by atoms with Gasteiger partial charge in [-0.2, -0.15) is 0 Å². The molecule has 5 heteroatoms. The van der Waals surface area contributed by atoms with E-state index in [0.717, 1.165) is 0 Å². The van der Waals surface area contributed by atoms with E-state index in [-0.39, 0.29) is 12.1 Å². The highest BCUT2D eigenvalue weighted by Gasteiger charge is 2.28. The molecule has 1 saturated carbocycles. The minimum Gasteiger partial charge on any atom is -0.446 e. The van der Waals surface area contributed by atoms with E-state index in [0.29, 0.717) is 19.3 Å². The van der Waals surface area contributed by atoms with Crippen molar-refractivity contribution in [3.8, 4) is 0 Å². The van der Waals surface area contributed by atoms with Crippen LogP contribution in [0.1, 0.15) is 19.3 Å². The van der Waals surface area contributed by atoms with E-state index >= 15 is 0 Å². The molecular weight excluding hydrogens is 160 g/mol. The summed E-state index contributed by atoms with van der Waals surface area (Å²) in [5.74, 6) is 0. The van der Waals surface area contributed by atoms with Crippen LogP contribution in [0, 0.1) is 0 Å². The van der Waals surface area contributed by atoms with E-state index in [2.05, 4.69) is 0 Å². The summed E-state index contributed by atoms with van der Waals surface area (Å²) >= 11 is 0. The van der Waals surface area contributed by atoms with E-state index in [4.69, 9.17) is 16.2 Å². The summed E-state index contributed by atoms with van der Waals surface area (Å²) in [4.78, 5) is 10.3. The lowest BCUT2D eigenvalue weighted by Crippen LogP contribution is -2.43. The van der Waals surface area contributed by atoms with Gasteiger partial charge in [0.25, 0.3) is 0 Å². The summed E-state index contributed by atoms with van der Waals surface area (Å²) in [6, 6.07) is -0.197. The van der Waals surface area contributed by atoms with Crippen LogP contribution in [-0.2, 0) is 4.74 Å². The van der Waals surface area contributed by atoms with Crippen LogP contribution >= 0.6 is 0 Å². The minimum atomic E-state index is -0.789. The van der Waals surface area contributed by atoms with Gasteiger partial charge in [-0.25, -0.2) is 4.79 Å².